The zero-order chi connectivity index (χ0) is 17.9. The topological polar surface area (TPSA) is 55.1 Å². The first-order valence-electron chi connectivity index (χ1n) is 8.17. The van der Waals surface area contributed by atoms with Gasteiger partial charge in [0.2, 0.25) is 0 Å². The number of para-hydroxylation sites is 1. The van der Waals surface area contributed by atoms with Crippen LogP contribution in [0.1, 0.15) is 16.1 Å². The molecule has 1 amide bonds. The van der Waals surface area contributed by atoms with Crippen LogP contribution in [0.15, 0.2) is 77.4 Å². The van der Waals surface area contributed by atoms with E-state index >= 15 is 0 Å². The summed E-state index contributed by atoms with van der Waals surface area (Å²) < 4.78 is 5.27. The number of halogens is 1. The van der Waals surface area contributed by atoms with Crippen molar-refractivity contribution in [3.8, 4) is 11.3 Å². The summed E-state index contributed by atoms with van der Waals surface area (Å²) in [5, 5.41) is 4.28. The lowest BCUT2D eigenvalue weighted by atomic mass is 10.0. The molecule has 0 aliphatic heterocycles. The Labute approximate surface area is 155 Å². The van der Waals surface area contributed by atoms with Gasteiger partial charge in [-0.2, -0.15) is 0 Å². The van der Waals surface area contributed by atoms with Crippen LogP contribution in [0.2, 0.25) is 5.02 Å². The van der Waals surface area contributed by atoms with E-state index in [4.69, 9.17) is 16.0 Å². The normalized spacial score (nSPS) is 10.8. The Bertz CT molecular complexity index is 1070. The number of pyridine rings is 1. The smallest absolute Gasteiger partial charge is 0.252 e. The van der Waals surface area contributed by atoms with Crippen molar-refractivity contribution in [2.24, 2.45) is 0 Å². The van der Waals surface area contributed by atoms with Crippen LogP contribution in [0.4, 0.5) is 0 Å². The van der Waals surface area contributed by atoms with Gasteiger partial charge in [0.15, 0.2) is 0 Å². The summed E-state index contributed by atoms with van der Waals surface area (Å²) in [7, 11) is 0. The monoisotopic (exact) mass is 362 g/mol. The van der Waals surface area contributed by atoms with E-state index in [1.165, 1.54) is 0 Å². The lowest BCUT2D eigenvalue weighted by Gasteiger charge is -2.11. The molecule has 0 aliphatic rings. The second-order valence-corrected chi connectivity index (χ2v) is 6.22. The summed E-state index contributed by atoms with van der Waals surface area (Å²) in [5.41, 5.74) is 2.75. The van der Waals surface area contributed by atoms with Gasteiger partial charge in [-0.05, 0) is 30.3 Å². The minimum Gasteiger partial charge on any atom is -0.467 e. The van der Waals surface area contributed by atoms with Crippen LogP contribution in [0, 0.1) is 0 Å². The highest BCUT2D eigenvalue weighted by Gasteiger charge is 2.15. The van der Waals surface area contributed by atoms with Crippen LogP contribution in [0.25, 0.3) is 22.2 Å². The number of aromatic nitrogens is 1. The Morgan fingerprint density at radius 3 is 2.65 bits per heavy atom. The fraction of sp³-hybridized carbons (Fsp3) is 0.0476. The van der Waals surface area contributed by atoms with Crippen LogP contribution in [-0.4, -0.2) is 10.9 Å². The van der Waals surface area contributed by atoms with Crippen molar-refractivity contribution in [3.63, 3.8) is 0 Å². The Hall–Kier alpha value is -3.11. The summed E-state index contributed by atoms with van der Waals surface area (Å²) in [4.78, 5) is 17.5. The molecule has 0 aliphatic carbocycles. The maximum absolute atomic E-state index is 12.8. The molecule has 0 radical (unpaired) electrons. The predicted octanol–water partition coefficient (Wildman–Crippen LogP) is 5.08. The van der Waals surface area contributed by atoms with Crippen molar-refractivity contribution in [2.45, 2.75) is 6.54 Å². The molecule has 4 nitrogen and oxygen atoms in total. The second-order valence-electron chi connectivity index (χ2n) is 5.81. The van der Waals surface area contributed by atoms with Gasteiger partial charge in [0.25, 0.3) is 5.91 Å². The highest BCUT2D eigenvalue weighted by Crippen LogP contribution is 2.29. The van der Waals surface area contributed by atoms with Gasteiger partial charge in [0, 0.05) is 16.0 Å². The molecule has 2 aromatic carbocycles. The molecule has 5 heteroatoms. The summed E-state index contributed by atoms with van der Waals surface area (Å²) >= 11 is 6.32. The molecule has 0 unspecified atom stereocenters. The van der Waals surface area contributed by atoms with Gasteiger partial charge in [0.1, 0.15) is 5.76 Å². The zero-order valence-electron chi connectivity index (χ0n) is 13.8. The van der Waals surface area contributed by atoms with Crippen molar-refractivity contribution in [3.05, 3.63) is 89.3 Å². The molecule has 2 heterocycles. The minimum atomic E-state index is -0.187. The molecule has 0 spiro atoms. The van der Waals surface area contributed by atoms with Crippen molar-refractivity contribution in [1.29, 1.82) is 0 Å². The zero-order valence-corrected chi connectivity index (χ0v) is 14.5. The molecule has 1 N–H and O–H groups in total. The van der Waals surface area contributed by atoms with Crippen molar-refractivity contribution in [2.75, 3.05) is 0 Å². The number of furan rings is 1. The van der Waals surface area contributed by atoms with E-state index in [-0.39, 0.29) is 5.91 Å². The highest BCUT2D eigenvalue weighted by molar-refractivity contribution is 6.33. The molecule has 0 fully saturated rings. The van der Waals surface area contributed by atoms with E-state index in [1.807, 2.05) is 54.6 Å². The number of carbonyl (C=O) groups is 1. The SMILES string of the molecule is O=C(NCc1ccco1)c1cc(-c2ccccc2Cl)nc2ccccc12. The lowest BCUT2D eigenvalue weighted by Crippen LogP contribution is -2.23. The van der Waals surface area contributed by atoms with Crippen molar-refractivity contribution >= 4 is 28.4 Å². The average Bonchev–Trinajstić information content (AvgIpc) is 3.19. The lowest BCUT2D eigenvalue weighted by molar-refractivity contribution is 0.0949. The molecule has 0 saturated heterocycles. The molecule has 128 valence electrons. The Kier molecular flexibility index (Phi) is 4.42. The first-order chi connectivity index (χ1) is 12.7. The molecular weight excluding hydrogens is 348 g/mol. The number of rotatable bonds is 4. The molecule has 0 saturated carbocycles. The van der Waals surface area contributed by atoms with E-state index in [2.05, 4.69) is 10.3 Å². The van der Waals surface area contributed by atoms with Gasteiger partial charge in [-0.15, -0.1) is 0 Å². The first kappa shape index (κ1) is 16.4. The fourth-order valence-electron chi connectivity index (χ4n) is 2.85. The molecule has 4 aromatic rings. The number of carbonyl (C=O) groups excluding carboxylic acids is 1. The summed E-state index contributed by atoms with van der Waals surface area (Å²) in [5.74, 6) is 0.511. The quantitative estimate of drug-likeness (QED) is 0.551. The molecule has 0 atom stereocenters. The Morgan fingerprint density at radius 1 is 1.04 bits per heavy atom. The fourth-order valence-corrected chi connectivity index (χ4v) is 3.08. The van der Waals surface area contributed by atoms with E-state index in [9.17, 15) is 4.79 Å². The van der Waals surface area contributed by atoms with E-state index in [1.54, 1.807) is 18.4 Å². The largest absolute Gasteiger partial charge is 0.467 e. The number of benzene rings is 2. The molecular formula is C21H15ClN2O2. The second kappa shape index (κ2) is 7.02. The number of fused-ring (bicyclic) bond motifs is 1. The number of nitrogens with zero attached hydrogens (tertiary/aromatic N) is 1. The Morgan fingerprint density at radius 2 is 1.85 bits per heavy atom. The molecule has 4 rings (SSSR count). The van der Waals surface area contributed by atoms with Gasteiger partial charge in [-0.3, -0.25) is 4.79 Å². The highest BCUT2D eigenvalue weighted by atomic mass is 35.5. The number of hydrogen-bond acceptors (Lipinski definition) is 3. The van der Waals surface area contributed by atoms with E-state index in [0.29, 0.717) is 28.6 Å². The number of amides is 1. The van der Waals surface area contributed by atoms with E-state index < -0.39 is 0 Å². The number of nitrogens with one attached hydrogen (secondary N) is 1. The van der Waals surface area contributed by atoms with Gasteiger partial charge >= 0.3 is 0 Å². The third-order valence-electron chi connectivity index (χ3n) is 4.11. The third kappa shape index (κ3) is 3.19. The average molecular weight is 363 g/mol. The maximum Gasteiger partial charge on any atom is 0.252 e. The van der Waals surface area contributed by atoms with Crippen LogP contribution < -0.4 is 5.32 Å². The van der Waals surface area contributed by atoms with Crippen LogP contribution >= 0.6 is 11.6 Å². The summed E-state index contributed by atoms with van der Waals surface area (Å²) in [6.07, 6.45) is 1.58. The number of hydrogen-bond donors (Lipinski definition) is 1. The van der Waals surface area contributed by atoms with Crippen LogP contribution in [-0.2, 0) is 6.54 Å². The first-order valence-corrected chi connectivity index (χ1v) is 8.55. The van der Waals surface area contributed by atoms with E-state index in [0.717, 1.165) is 16.5 Å². The summed E-state index contributed by atoms with van der Waals surface area (Å²) in [6.45, 7) is 0.323. The standard InChI is InChI=1S/C21H15ClN2O2/c22-18-9-3-1-8-16(18)20-12-17(15-7-2-4-10-19(15)24-20)21(25)23-13-14-6-5-11-26-14/h1-12H,13H2,(H,23,25). The van der Waals surface area contributed by atoms with Gasteiger partial charge in [-0.25, -0.2) is 4.98 Å². The van der Waals surface area contributed by atoms with Gasteiger partial charge < -0.3 is 9.73 Å². The van der Waals surface area contributed by atoms with Gasteiger partial charge in [0.05, 0.1) is 29.6 Å². The molecule has 2 aromatic heterocycles. The summed E-state index contributed by atoms with van der Waals surface area (Å²) in [6, 6.07) is 20.4. The van der Waals surface area contributed by atoms with Gasteiger partial charge in [-0.1, -0.05) is 48.0 Å². The predicted molar refractivity (Wildman–Crippen MR) is 102 cm³/mol. The van der Waals surface area contributed by atoms with Crippen LogP contribution in [0.5, 0.6) is 0 Å². The third-order valence-corrected chi connectivity index (χ3v) is 4.44. The maximum atomic E-state index is 12.8. The Balaban J connectivity index is 1.77. The van der Waals surface area contributed by atoms with Crippen LogP contribution in [0.3, 0.4) is 0 Å². The molecule has 0 bridgehead atoms. The minimum absolute atomic E-state index is 0.187. The molecule has 26 heavy (non-hydrogen) atoms. The van der Waals surface area contributed by atoms with Crippen molar-refractivity contribution in [1.82, 2.24) is 10.3 Å². The van der Waals surface area contributed by atoms with Crippen molar-refractivity contribution < 1.29 is 9.21 Å².